The van der Waals surface area contributed by atoms with Crippen LogP contribution in [0.4, 0.5) is 0 Å². The van der Waals surface area contributed by atoms with Crippen molar-refractivity contribution in [1.29, 1.82) is 0 Å². The standard InChI is InChI=1S/C25H21ClN4O4S2/c1-29-11-10-27-24(29)17-4-7-20-21(13-17)28-15-30(25(20)32)18-5-2-16(3-6-18)12-19(31)14-36(33,34)23-9-8-22(26)35-23/h2-9,13,15H,10-12,14H2,1H3. The van der Waals surface area contributed by atoms with Gasteiger partial charge in [0.15, 0.2) is 15.6 Å². The van der Waals surface area contributed by atoms with Gasteiger partial charge in [-0.1, -0.05) is 29.8 Å². The monoisotopic (exact) mass is 540 g/mol. The van der Waals surface area contributed by atoms with Crippen LogP contribution in [-0.2, 0) is 21.1 Å². The van der Waals surface area contributed by atoms with Gasteiger partial charge in [0.05, 0.1) is 27.5 Å². The first kappa shape index (κ1) is 24.4. The molecule has 2 aromatic carbocycles. The van der Waals surface area contributed by atoms with Gasteiger partial charge in [-0.2, -0.15) is 0 Å². The van der Waals surface area contributed by atoms with E-state index in [9.17, 15) is 18.0 Å². The number of rotatable bonds is 7. The largest absolute Gasteiger partial charge is 0.358 e. The quantitative estimate of drug-likeness (QED) is 0.356. The molecule has 8 nitrogen and oxygen atoms in total. The molecule has 1 aliphatic heterocycles. The number of ketones is 1. The van der Waals surface area contributed by atoms with Gasteiger partial charge in [-0.05, 0) is 42.0 Å². The van der Waals surface area contributed by atoms with Gasteiger partial charge < -0.3 is 4.90 Å². The molecule has 0 radical (unpaired) electrons. The lowest BCUT2D eigenvalue weighted by Crippen LogP contribution is -2.24. The van der Waals surface area contributed by atoms with Crippen molar-refractivity contribution in [2.75, 3.05) is 25.9 Å². The van der Waals surface area contributed by atoms with Gasteiger partial charge in [0.1, 0.15) is 22.1 Å². The predicted octanol–water partition coefficient (Wildman–Crippen LogP) is 3.38. The number of hydrogen-bond donors (Lipinski definition) is 0. The molecule has 36 heavy (non-hydrogen) atoms. The van der Waals surface area contributed by atoms with Crippen LogP contribution < -0.4 is 5.56 Å². The summed E-state index contributed by atoms with van der Waals surface area (Å²) in [7, 11) is -1.74. The summed E-state index contributed by atoms with van der Waals surface area (Å²) in [6.45, 7) is 1.61. The van der Waals surface area contributed by atoms with Gasteiger partial charge >= 0.3 is 0 Å². The van der Waals surface area contributed by atoms with Crippen LogP contribution in [0.3, 0.4) is 0 Å². The van der Waals surface area contributed by atoms with E-state index in [1.165, 1.54) is 23.0 Å². The van der Waals surface area contributed by atoms with Crippen molar-refractivity contribution in [2.24, 2.45) is 4.99 Å². The smallest absolute Gasteiger partial charge is 0.265 e. The average Bonchev–Trinajstić information content (AvgIpc) is 3.48. The lowest BCUT2D eigenvalue weighted by molar-refractivity contribution is -0.116. The van der Waals surface area contributed by atoms with Crippen LogP contribution in [0.25, 0.3) is 16.6 Å². The van der Waals surface area contributed by atoms with Gasteiger partial charge in [-0.3, -0.25) is 19.1 Å². The van der Waals surface area contributed by atoms with E-state index in [-0.39, 0.29) is 16.2 Å². The molecule has 4 aromatic rings. The molecule has 11 heteroatoms. The second-order valence-electron chi connectivity index (χ2n) is 8.48. The van der Waals surface area contributed by atoms with Crippen molar-refractivity contribution in [1.82, 2.24) is 14.5 Å². The third-order valence-electron chi connectivity index (χ3n) is 5.90. The number of carbonyl (C=O) groups excluding carboxylic acids is 1. The van der Waals surface area contributed by atoms with Crippen molar-refractivity contribution >= 4 is 55.3 Å². The van der Waals surface area contributed by atoms with Gasteiger partial charge in [0, 0.05) is 25.6 Å². The Morgan fingerprint density at radius 1 is 1.11 bits per heavy atom. The van der Waals surface area contributed by atoms with Gasteiger partial charge in [0.25, 0.3) is 5.56 Å². The summed E-state index contributed by atoms with van der Waals surface area (Å²) in [6, 6.07) is 15.2. The molecule has 0 spiro atoms. The van der Waals surface area contributed by atoms with Crippen LogP contribution in [0.1, 0.15) is 11.1 Å². The fraction of sp³-hybridized carbons (Fsp3) is 0.200. The number of sulfone groups is 1. The van der Waals surface area contributed by atoms with E-state index in [1.54, 1.807) is 30.3 Å². The number of aliphatic imine (C=N–C) groups is 1. The molecule has 2 aromatic heterocycles. The number of hydrogen-bond acceptors (Lipinski definition) is 8. The highest BCUT2D eigenvalue weighted by molar-refractivity contribution is 7.94. The zero-order valence-electron chi connectivity index (χ0n) is 19.2. The van der Waals surface area contributed by atoms with E-state index in [0.717, 1.165) is 35.8 Å². The Kier molecular flexibility index (Phi) is 6.50. The average molecular weight is 541 g/mol. The van der Waals surface area contributed by atoms with Gasteiger partial charge in [-0.25, -0.2) is 13.4 Å². The van der Waals surface area contributed by atoms with E-state index in [0.29, 0.717) is 26.5 Å². The summed E-state index contributed by atoms with van der Waals surface area (Å²) < 4.78 is 26.7. The number of Topliss-reactive ketones (excluding diaryl/α,β-unsaturated/α-hetero) is 1. The molecule has 0 saturated heterocycles. The fourth-order valence-corrected chi connectivity index (χ4v) is 6.90. The van der Waals surface area contributed by atoms with Crippen LogP contribution in [-0.4, -0.2) is 60.4 Å². The number of likely N-dealkylation sites (N-methyl/N-ethyl adjacent to an activating group) is 1. The molecule has 0 aliphatic carbocycles. The number of fused-ring (bicyclic) bond motifs is 1. The summed E-state index contributed by atoms with van der Waals surface area (Å²) in [5.41, 5.74) is 2.54. The summed E-state index contributed by atoms with van der Waals surface area (Å²) >= 11 is 6.75. The summed E-state index contributed by atoms with van der Waals surface area (Å²) in [5.74, 6) is -0.130. The Bertz CT molecular complexity index is 1670. The topological polar surface area (TPSA) is 102 Å². The van der Waals surface area contributed by atoms with Crippen LogP contribution in [0.5, 0.6) is 0 Å². The first-order valence-electron chi connectivity index (χ1n) is 11.1. The summed E-state index contributed by atoms with van der Waals surface area (Å²) in [6.07, 6.45) is 1.44. The van der Waals surface area contributed by atoms with Gasteiger partial charge in [-0.15, -0.1) is 11.3 Å². The molecular formula is C25H21ClN4O4S2. The number of benzene rings is 2. The predicted molar refractivity (Wildman–Crippen MR) is 141 cm³/mol. The Morgan fingerprint density at radius 3 is 2.56 bits per heavy atom. The van der Waals surface area contributed by atoms with Crippen LogP contribution in [0, 0.1) is 0 Å². The van der Waals surface area contributed by atoms with Gasteiger partial charge in [0.2, 0.25) is 0 Å². The van der Waals surface area contributed by atoms with E-state index < -0.39 is 21.4 Å². The third kappa shape index (κ3) is 4.84. The Balaban J connectivity index is 1.33. The molecule has 0 amide bonds. The highest BCUT2D eigenvalue weighted by Gasteiger charge is 2.21. The van der Waals surface area contributed by atoms with Crippen molar-refractivity contribution < 1.29 is 13.2 Å². The Hall–Kier alpha value is -3.34. The number of amidine groups is 1. The first-order chi connectivity index (χ1) is 17.2. The minimum atomic E-state index is -3.73. The van der Waals surface area contributed by atoms with Crippen molar-refractivity contribution in [3.8, 4) is 5.69 Å². The number of carbonyl (C=O) groups is 1. The number of halogens is 1. The number of thiophene rings is 1. The molecule has 0 unspecified atom stereocenters. The third-order valence-corrected chi connectivity index (χ3v) is 9.39. The molecule has 0 fully saturated rings. The highest BCUT2D eigenvalue weighted by Crippen LogP contribution is 2.26. The van der Waals surface area contributed by atoms with Crippen molar-refractivity contribution in [2.45, 2.75) is 10.6 Å². The molecule has 0 saturated carbocycles. The van der Waals surface area contributed by atoms with Crippen LogP contribution in [0.15, 0.2) is 74.9 Å². The molecule has 0 N–H and O–H groups in total. The Labute approximate surface area is 216 Å². The lowest BCUT2D eigenvalue weighted by atomic mass is 10.1. The van der Waals surface area contributed by atoms with E-state index in [2.05, 4.69) is 14.9 Å². The summed E-state index contributed by atoms with van der Waals surface area (Å²) in [4.78, 5) is 36.6. The molecule has 0 atom stereocenters. The fourth-order valence-electron chi connectivity index (χ4n) is 4.09. The zero-order valence-corrected chi connectivity index (χ0v) is 21.6. The maximum atomic E-state index is 13.1. The molecular weight excluding hydrogens is 520 g/mol. The summed E-state index contributed by atoms with van der Waals surface area (Å²) in [5, 5.41) is 0.487. The highest BCUT2D eigenvalue weighted by atomic mass is 35.5. The SMILES string of the molecule is CN1CCN=C1c1ccc2c(=O)n(-c3ccc(CC(=O)CS(=O)(=O)c4ccc(Cl)s4)cc3)cnc2c1. The van der Waals surface area contributed by atoms with Crippen molar-refractivity contribution in [3.05, 3.63) is 86.7 Å². The maximum Gasteiger partial charge on any atom is 0.265 e. The molecule has 3 heterocycles. The van der Waals surface area contributed by atoms with Crippen LogP contribution in [0.2, 0.25) is 4.34 Å². The van der Waals surface area contributed by atoms with E-state index in [1.807, 2.05) is 19.2 Å². The molecule has 0 bridgehead atoms. The zero-order chi connectivity index (χ0) is 25.4. The van der Waals surface area contributed by atoms with E-state index >= 15 is 0 Å². The lowest BCUT2D eigenvalue weighted by Gasteiger charge is -2.14. The van der Waals surface area contributed by atoms with Crippen molar-refractivity contribution in [3.63, 3.8) is 0 Å². The van der Waals surface area contributed by atoms with E-state index in [4.69, 9.17) is 11.6 Å². The molecule has 1 aliphatic rings. The second kappa shape index (κ2) is 9.61. The minimum Gasteiger partial charge on any atom is -0.358 e. The molecule has 5 rings (SSSR count). The first-order valence-corrected chi connectivity index (χ1v) is 13.9. The second-order valence-corrected chi connectivity index (χ2v) is 12.4. The molecule has 184 valence electrons. The van der Waals surface area contributed by atoms with Crippen LogP contribution >= 0.6 is 22.9 Å². The maximum absolute atomic E-state index is 13.1. The Morgan fingerprint density at radius 2 is 1.89 bits per heavy atom. The number of aromatic nitrogens is 2. The minimum absolute atomic E-state index is 0.0371. The normalized spacial score (nSPS) is 13.8. The number of nitrogens with zero attached hydrogens (tertiary/aromatic N) is 4.